The summed E-state index contributed by atoms with van der Waals surface area (Å²) in [5.74, 6) is -0.996. The highest BCUT2D eigenvalue weighted by Crippen LogP contribution is 2.31. The van der Waals surface area contributed by atoms with E-state index in [-0.39, 0.29) is 35.0 Å². The van der Waals surface area contributed by atoms with E-state index in [1.165, 1.54) is 35.6 Å². The molecule has 0 atom stereocenters. The van der Waals surface area contributed by atoms with E-state index < -0.39 is 5.91 Å². The lowest BCUT2D eigenvalue weighted by molar-refractivity contribution is -0.122. The van der Waals surface area contributed by atoms with Gasteiger partial charge >= 0.3 is 0 Å². The van der Waals surface area contributed by atoms with Crippen molar-refractivity contribution in [3.05, 3.63) is 62.4 Å². The molecule has 0 spiro atoms. The van der Waals surface area contributed by atoms with Crippen LogP contribution in [-0.2, 0) is 4.79 Å². The van der Waals surface area contributed by atoms with Gasteiger partial charge in [-0.15, -0.1) is 11.3 Å². The fourth-order valence-electron chi connectivity index (χ4n) is 2.37. The monoisotopic (exact) mass is 390 g/mol. The number of hydrogen-bond acceptors (Lipinski definition) is 5. The average molecular weight is 390 g/mol. The second-order valence-electron chi connectivity index (χ2n) is 5.57. The van der Waals surface area contributed by atoms with Gasteiger partial charge in [-0.3, -0.25) is 19.3 Å². The molecule has 1 aromatic heterocycles. The Kier molecular flexibility index (Phi) is 5.53. The van der Waals surface area contributed by atoms with Crippen molar-refractivity contribution >= 4 is 46.2 Å². The minimum Gasteiger partial charge on any atom is -0.350 e. The Morgan fingerprint density at radius 2 is 1.96 bits per heavy atom. The number of thiophene rings is 1. The number of hydrogen-bond donors (Lipinski definition) is 1. The zero-order valence-electron chi connectivity index (χ0n) is 13.8. The van der Waals surface area contributed by atoms with Crippen molar-refractivity contribution < 1.29 is 18.8 Å². The van der Waals surface area contributed by atoms with Crippen LogP contribution in [0.3, 0.4) is 0 Å². The average Bonchev–Trinajstić information content (AvgIpc) is 3.15. The van der Waals surface area contributed by atoms with Crippen molar-refractivity contribution in [3.63, 3.8) is 0 Å². The molecule has 0 saturated carbocycles. The fraction of sp³-hybridized carbons (Fsp3) is 0.167. The van der Waals surface area contributed by atoms with E-state index in [2.05, 4.69) is 5.32 Å². The Morgan fingerprint density at radius 3 is 2.62 bits per heavy atom. The Labute approximate surface area is 157 Å². The highest BCUT2D eigenvalue weighted by molar-refractivity contribution is 8.18. The molecule has 5 nitrogen and oxygen atoms in total. The van der Waals surface area contributed by atoms with Crippen LogP contribution in [0.25, 0.3) is 6.08 Å². The number of carbonyl (C=O) groups excluding carboxylic acids is 3. The normalized spacial score (nSPS) is 15.8. The second kappa shape index (κ2) is 7.84. The van der Waals surface area contributed by atoms with Crippen LogP contribution in [0, 0.1) is 12.7 Å². The second-order valence-corrected chi connectivity index (χ2v) is 7.48. The molecule has 2 heterocycles. The molecule has 0 radical (unpaired) electrons. The summed E-state index contributed by atoms with van der Waals surface area (Å²) in [5.41, 5.74) is 1.53. The summed E-state index contributed by atoms with van der Waals surface area (Å²) in [4.78, 5) is 38.5. The Balaban J connectivity index is 1.60. The molecule has 134 valence electrons. The van der Waals surface area contributed by atoms with Crippen molar-refractivity contribution in [2.45, 2.75) is 6.92 Å². The van der Waals surface area contributed by atoms with Crippen LogP contribution in [0.5, 0.6) is 0 Å². The predicted octanol–water partition coefficient (Wildman–Crippen LogP) is 3.66. The molecule has 1 saturated heterocycles. The van der Waals surface area contributed by atoms with Gasteiger partial charge in [0.05, 0.1) is 9.78 Å². The molecule has 0 aliphatic carbocycles. The third kappa shape index (κ3) is 4.03. The molecule has 1 aromatic carbocycles. The minimum absolute atomic E-state index is 0.0988. The number of rotatable bonds is 5. The fourth-order valence-corrected chi connectivity index (χ4v) is 4.08. The molecule has 8 heteroatoms. The minimum atomic E-state index is -0.411. The Hall–Kier alpha value is -2.45. The molecule has 0 bridgehead atoms. The third-order valence-electron chi connectivity index (χ3n) is 3.73. The summed E-state index contributed by atoms with van der Waals surface area (Å²) < 4.78 is 12.9. The van der Waals surface area contributed by atoms with E-state index in [1.807, 2.05) is 18.4 Å². The number of amides is 3. The van der Waals surface area contributed by atoms with Gasteiger partial charge in [-0.1, -0.05) is 12.1 Å². The van der Waals surface area contributed by atoms with Gasteiger partial charge in [0.15, 0.2) is 0 Å². The zero-order valence-corrected chi connectivity index (χ0v) is 15.5. The van der Waals surface area contributed by atoms with Crippen LogP contribution >= 0.6 is 23.1 Å². The summed E-state index contributed by atoms with van der Waals surface area (Å²) in [6.45, 7) is 2.13. The largest absolute Gasteiger partial charge is 0.350 e. The number of nitrogens with one attached hydrogen (secondary N) is 1. The summed E-state index contributed by atoms with van der Waals surface area (Å²) in [6.07, 6.45) is 1.55. The van der Waals surface area contributed by atoms with E-state index in [1.54, 1.807) is 6.08 Å². The van der Waals surface area contributed by atoms with Crippen LogP contribution in [0.1, 0.15) is 20.8 Å². The van der Waals surface area contributed by atoms with Gasteiger partial charge in [-0.05, 0) is 59.5 Å². The van der Waals surface area contributed by atoms with Gasteiger partial charge < -0.3 is 5.32 Å². The van der Waals surface area contributed by atoms with Crippen molar-refractivity contribution in [3.8, 4) is 0 Å². The number of carbonyl (C=O) groups is 3. The highest BCUT2D eigenvalue weighted by Gasteiger charge is 2.34. The number of aryl methyl sites for hydroxylation is 1. The van der Waals surface area contributed by atoms with Crippen LogP contribution < -0.4 is 5.32 Å². The number of halogens is 1. The van der Waals surface area contributed by atoms with Crippen molar-refractivity contribution in [1.29, 1.82) is 0 Å². The van der Waals surface area contributed by atoms with E-state index in [4.69, 9.17) is 0 Å². The molecule has 1 fully saturated rings. The standard InChI is InChI=1S/C18H15FN2O3S2/c1-11-6-9-25-15(11)16(22)20-7-8-21-17(23)14(26-18(21)24)10-12-2-4-13(19)5-3-12/h2-6,9-10H,7-8H2,1H3,(H,20,22)/b14-10+. The highest BCUT2D eigenvalue weighted by atomic mass is 32.2. The van der Waals surface area contributed by atoms with Gasteiger partial charge in [0.2, 0.25) is 0 Å². The maximum absolute atomic E-state index is 12.9. The summed E-state index contributed by atoms with van der Waals surface area (Å²) in [6, 6.07) is 7.51. The molecule has 1 aliphatic heterocycles. The van der Waals surface area contributed by atoms with E-state index in [0.717, 1.165) is 22.2 Å². The number of nitrogens with zero attached hydrogens (tertiary/aromatic N) is 1. The number of benzene rings is 1. The van der Waals surface area contributed by atoms with E-state index >= 15 is 0 Å². The zero-order chi connectivity index (χ0) is 18.7. The Morgan fingerprint density at radius 1 is 1.23 bits per heavy atom. The molecule has 3 amide bonds. The maximum Gasteiger partial charge on any atom is 0.293 e. The van der Waals surface area contributed by atoms with Crippen LogP contribution in [-0.4, -0.2) is 35.0 Å². The third-order valence-corrected chi connectivity index (χ3v) is 5.65. The molecule has 3 rings (SSSR count). The lowest BCUT2D eigenvalue weighted by atomic mass is 10.2. The lowest BCUT2D eigenvalue weighted by Gasteiger charge is -2.12. The lowest BCUT2D eigenvalue weighted by Crippen LogP contribution is -2.37. The van der Waals surface area contributed by atoms with E-state index in [0.29, 0.717) is 10.4 Å². The molecule has 26 heavy (non-hydrogen) atoms. The summed E-state index contributed by atoms with van der Waals surface area (Å²) in [7, 11) is 0. The van der Waals surface area contributed by atoms with Gasteiger partial charge in [0.1, 0.15) is 5.82 Å². The molecule has 1 N–H and O–H groups in total. The summed E-state index contributed by atoms with van der Waals surface area (Å²) in [5, 5.41) is 4.17. The van der Waals surface area contributed by atoms with Crippen LogP contribution in [0.15, 0.2) is 40.6 Å². The van der Waals surface area contributed by atoms with Gasteiger partial charge in [0, 0.05) is 13.1 Å². The van der Waals surface area contributed by atoms with Crippen LogP contribution in [0.2, 0.25) is 0 Å². The molecule has 1 aliphatic rings. The van der Waals surface area contributed by atoms with E-state index in [9.17, 15) is 18.8 Å². The molecular weight excluding hydrogens is 375 g/mol. The number of imide groups is 1. The quantitative estimate of drug-likeness (QED) is 0.792. The van der Waals surface area contributed by atoms with Gasteiger partial charge in [0.25, 0.3) is 17.1 Å². The van der Waals surface area contributed by atoms with Crippen molar-refractivity contribution in [2.75, 3.05) is 13.1 Å². The number of thioether (sulfide) groups is 1. The molecule has 2 aromatic rings. The first-order valence-electron chi connectivity index (χ1n) is 7.79. The SMILES string of the molecule is Cc1ccsc1C(=O)NCCN1C(=O)S/C(=C/c2ccc(F)cc2)C1=O. The first-order chi connectivity index (χ1) is 12.5. The first kappa shape index (κ1) is 18.3. The van der Waals surface area contributed by atoms with Crippen LogP contribution in [0.4, 0.5) is 9.18 Å². The van der Waals surface area contributed by atoms with Crippen molar-refractivity contribution in [1.82, 2.24) is 10.2 Å². The topological polar surface area (TPSA) is 66.5 Å². The molecular formula is C18H15FN2O3S2. The first-order valence-corrected chi connectivity index (χ1v) is 9.48. The maximum atomic E-state index is 12.9. The summed E-state index contributed by atoms with van der Waals surface area (Å²) >= 11 is 2.18. The van der Waals surface area contributed by atoms with Crippen molar-refractivity contribution in [2.24, 2.45) is 0 Å². The molecule has 0 unspecified atom stereocenters. The Bertz CT molecular complexity index is 890. The van der Waals surface area contributed by atoms with Gasteiger partial charge in [-0.25, -0.2) is 4.39 Å². The smallest absolute Gasteiger partial charge is 0.293 e. The van der Waals surface area contributed by atoms with Gasteiger partial charge in [-0.2, -0.15) is 0 Å². The predicted molar refractivity (Wildman–Crippen MR) is 100 cm³/mol.